The van der Waals surface area contributed by atoms with Gasteiger partial charge in [-0.25, -0.2) is 4.79 Å². The Kier molecular flexibility index (Phi) is 5.37. The summed E-state index contributed by atoms with van der Waals surface area (Å²) in [5.74, 6) is 1.81. The number of hydrogen-bond acceptors (Lipinski definition) is 4. The van der Waals surface area contributed by atoms with E-state index in [1.165, 1.54) is 48.8 Å². The maximum Gasteiger partial charge on any atom is 0.508 e. The summed E-state index contributed by atoms with van der Waals surface area (Å²) in [7, 11) is 0. The van der Waals surface area contributed by atoms with E-state index in [1.54, 1.807) is 0 Å². The summed E-state index contributed by atoms with van der Waals surface area (Å²) < 4.78 is 11.4. The van der Waals surface area contributed by atoms with Crippen LogP contribution in [0.4, 0.5) is 4.79 Å². The van der Waals surface area contributed by atoms with Gasteiger partial charge >= 0.3 is 6.16 Å². The Bertz CT molecular complexity index is 813. The van der Waals surface area contributed by atoms with Crippen LogP contribution in [-0.4, -0.2) is 24.6 Å². The smallest absolute Gasteiger partial charge is 0.434 e. The maximum atomic E-state index is 12.4. The summed E-state index contributed by atoms with van der Waals surface area (Å²) in [6, 6.07) is 0. The normalized spacial score (nSPS) is 36.0. The Balaban J connectivity index is 1.28. The molecule has 0 heterocycles. The van der Waals surface area contributed by atoms with E-state index in [9.17, 15) is 9.59 Å². The molecule has 5 aliphatic rings. The van der Waals surface area contributed by atoms with Crippen LogP contribution in [0, 0.1) is 23.2 Å². The lowest BCUT2D eigenvalue weighted by Gasteiger charge is -2.45. The quantitative estimate of drug-likeness (QED) is 0.530. The highest BCUT2D eigenvalue weighted by atomic mass is 16.7. The SMILES string of the molecule is C[C@]12C=CC3=C4CCC(=O)C=C4CC[C@H]3[C@@H]1CC[C@@H]2OC(=O)OCC1CCCCC1. The second kappa shape index (κ2) is 8.01. The first-order chi connectivity index (χ1) is 14.5. The molecule has 0 aromatic heterocycles. The van der Waals surface area contributed by atoms with Crippen molar-refractivity contribution < 1.29 is 19.1 Å². The van der Waals surface area contributed by atoms with Crippen LogP contribution in [0.5, 0.6) is 0 Å². The summed E-state index contributed by atoms with van der Waals surface area (Å²) in [5, 5.41) is 0. The van der Waals surface area contributed by atoms with E-state index in [4.69, 9.17) is 9.47 Å². The zero-order valence-corrected chi connectivity index (χ0v) is 18.2. The third-order valence-corrected chi connectivity index (χ3v) is 8.56. The standard InChI is InChI=1S/C26H34O4/c1-26-14-13-21-20-10-8-19(27)15-18(20)7-9-22(21)23(26)11-12-24(26)30-25(28)29-16-17-5-3-2-4-6-17/h13-15,17,22-24H,2-12,16H2,1H3/t22-,23+,24+,26+/m1/s1. The zero-order valence-electron chi connectivity index (χ0n) is 18.2. The average Bonchev–Trinajstić information content (AvgIpc) is 3.09. The highest BCUT2D eigenvalue weighted by Gasteiger charge is 2.53. The number of rotatable bonds is 3. The molecule has 0 radical (unpaired) electrons. The summed E-state index contributed by atoms with van der Waals surface area (Å²) in [4.78, 5) is 24.3. The molecule has 0 aromatic carbocycles. The van der Waals surface area contributed by atoms with E-state index in [-0.39, 0.29) is 17.3 Å². The first-order valence-corrected chi connectivity index (χ1v) is 12.0. The molecule has 2 fully saturated rings. The van der Waals surface area contributed by atoms with Gasteiger partial charge in [-0.05, 0) is 85.5 Å². The van der Waals surface area contributed by atoms with Crippen LogP contribution in [0.3, 0.4) is 0 Å². The van der Waals surface area contributed by atoms with Gasteiger partial charge in [-0.1, -0.05) is 38.3 Å². The fourth-order valence-corrected chi connectivity index (χ4v) is 6.85. The van der Waals surface area contributed by atoms with Gasteiger partial charge in [0.05, 0.1) is 6.61 Å². The minimum atomic E-state index is -0.482. The fourth-order valence-electron chi connectivity index (χ4n) is 6.85. The second-order valence-corrected chi connectivity index (χ2v) is 10.3. The van der Waals surface area contributed by atoms with E-state index in [0.717, 1.165) is 32.1 Å². The van der Waals surface area contributed by atoms with Crippen LogP contribution in [0.15, 0.2) is 34.9 Å². The van der Waals surface area contributed by atoms with Crippen molar-refractivity contribution in [3.63, 3.8) is 0 Å². The van der Waals surface area contributed by atoms with Crippen molar-refractivity contribution in [2.45, 2.75) is 83.7 Å². The van der Waals surface area contributed by atoms with Gasteiger partial charge in [0.1, 0.15) is 6.10 Å². The molecule has 0 spiro atoms. The predicted octanol–water partition coefficient (Wildman–Crippen LogP) is 6.07. The summed E-state index contributed by atoms with van der Waals surface area (Å²) in [5.41, 5.74) is 4.01. The highest BCUT2D eigenvalue weighted by Crippen LogP contribution is 2.58. The van der Waals surface area contributed by atoms with Gasteiger partial charge < -0.3 is 9.47 Å². The van der Waals surface area contributed by atoms with E-state index >= 15 is 0 Å². The lowest BCUT2D eigenvalue weighted by atomic mass is 9.60. The minimum absolute atomic E-state index is 0.103. The molecular formula is C26H34O4. The number of carbonyl (C=O) groups excluding carboxylic acids is 2. The second-order valence-electron chi connectivity index (χ2n) is 10.3. The Labute approximate surface area is 179 Å². The summed E-state index contributed by atoms with van der Waals surface area (Å²) in [6.07, 6.45) is 17.6. The molecule has 0 saturated heterocycles. The average molecular weight is 411 g/mol. The van der Waals surface area contributed by atoms with Crippen LogP contribution in [0.1, 0.15) is 77.6 Å². The molecule has 162 valence electrons. The van der Waals surface area contributed by atoms with Crippen LogP contribution in [0.25, 0.3) is 0 Å². The van der Waals surface area contributed by atoms with E-state index < -0.39 is 6.16 Å². The fraction of sp³-hybridized carbons (Fsp3) is 0.692. The van der Waals surface area contributed by atoms with Gasteiger partial charge in [-0.3, -0.25) is 4.79 Å². The molecular weight excluding hydrogens is 376 g/mol. The molecule has 30 heavy (non-hydrogen) atoms. The van der Waals surface area contributed by atoms with Crippen LogP contribution in [-0.2, 0) is 14.3 Å². The van der Waals surface area contributed by atoms with Gasteiger partial charge in [-0.2, -0.15) is 0 Å². The number of carbonyl (C=O) groups is 2. The van der Waals surface area contributed by atoms with Gasteiger partial charge in [-0.15, -0.1) is 0 Å². The number of fused-ring (bicyclic) bond motifs is 4. The number of allylic oxidation sites excluding steroid dienone is 5. The lowest BCUT2D eigenvalue weighted by Crippen LogP contribution is -2.41. The topological polar surface area (TPSA) is 52.6 Å². The molecule has 2 saturated carbocycles. The molecule has 4 atom stereocenters. The van der Waals surface area contributed by atoms with Crippen molar-refractivity contribution in [1.29, 1.82) is 0 Å². The maximum absolute atomic E-state index is 12.4. The van der Waals surface area contributed by atoms with Crippen LogP contribution in [0.2, 0.25) is 0 Å². The predicted molar refractivity (Wildman–Crippen MR) is 115 cm³/mol. The molecule has 4 nitrogen and oxygen atoms in total. The Morgan fingerprint density at radius 1 is 1.07 bits per heavy atom. The molecule has 5 rings (SSSR count). The Morgan fingerprint density at radius 2 is 1.90 bits per heavy atom. The molecule has 0 unspecified atom stereocenters. The zero-order chi connectivity index (χ0) is 20.7. The van der Waals surface area contributed by atoms with Crippen molar-refractivity contribution in [3.05, 3.63) is 34.9 Å². The highest BCUT2D eigenvalue weighted by molar-refractivity contribution is 5.93. The van der Waals surface area contributed by atoms with Crippen LogP contribution >= 0.6 is 0 Å². The number of ketones is 1. The van der Waals surface area contributed by atoms with Crippen molar-refractivity contribution >= 4 is 11.9 Å². The molecule has 0 amide bonds. The Hall–Kier alpha value is -1.84. The van der Waals surface area contributed by atoms with E-state index in [2.05, 4.69) is 19.1 Å². The first-order valence-electron chi connectivity index (χ1n) is 12.0. The third-order valence-electron chi connectivity index (χ3n) is 8.56. The molecule has 4 heteroatoms. The summed E-state index contributed by atoms with van der Waals surface area (Å²) in [6.45, 7) is 2.77. The van der Waals surface area contributed by atoms with Gasteiger partial charge in [0.25, 0.3) is 0 Å². The van der Waals surface area contributed by atoms with Gasteiger partial charge in [0.15, 0.2) is 5.78 Å². The molecule has 0 aromatic rings. The molecule has 5 aliphatic carbocycles. The van der Waals surface area contributed by atoms with Crippen molar-refractivity contribution in [3.8, 4) is 0 Å². The number of ether oxygens (including phenoxy) is 2. The largest absolute Gasteiger partial charge is 0.508 e. The molecule has 0 bridgehead atoms. The summed E-state index contributed by atoms with van der Waals surface area (Å²) >= 11 is 0. The van der Waals surface area contributed by atoms with Gasteiger partial charge in [0.2, 0.25) is 0 Å². The van der Waals surface area contributed by atoms with Crippen molar-refractivity contribution in [1.82, 2.24) is 0 Å². The Morgan fingerprint density at radius 3 is 2.73 bits per heavy atom. The molecule has 0 aliphatic heterocycles. The minimum Gasteiger partial charge on any atom is -0.434 e. The van der Waals surface area contributed by atoms with Gasteiger partial charge in [0, 0.05) is 11.8 Å². The monoisotopic (exact) mass is 410 g/mol. The van der Waals surface area contributed by atoms with Crippen LogP contribution < -0.4 is 0 Å². The van der Waals surface area contributed by atoms with E-state index in [1.807, 2.05) is 6.08 Å². The lowest BCUT2D eigenvalue weighted by molar-refractivity contribution is -0.114. The number of hydrogen-bond donors (Lipinski definition) is 0. The first kappa shape index (κ1) is 20.1. The van der Waals surface area contributed by atoms with Crippen molar-refractivity contribution in [2.75, 3.05) is 6.61 Å². The van der Waals surface area contributed by atoms with Crippen molar-refractivity contribution in [2.24, 2.45) is 23.2 Å². The molecule has 0 N–H and O–H groups in total. The van der Waals surface area contributed by atoms with E-state index in [0.29, 0.717) is 30.8 Å². The third kappa shape index (κ3) is 3.56.